The van der Waals surface area contributed by atoms with Crippen molar-refractivity contribution in [3.05, 3.63) is 24.6 Å². The Kier molecular flexibility index (Phi) is 16.3. The molecule has 1 radical (unpaired) electrons. The molecule has 1 rings (SSSR count). The summed E-state index contributed by atoms with van der Waals surface area (Å²) < 4.78 is 18.7. The minimum atomic E-state index is 0.715. The van der Waals surface area contributed by atoms with Crippen molar-refractivity contribution in [3.63, 3.8) is 0 Å². The number of unbranched alkanes of at least 4 members (excludes halogenated alkanes) is 9. The van der Waals surface area contributed by atoms with E-state index in [1.165, 1.54) is 63.4 Å². The smallest absolute Gasteiger partial charge is 0.203 e. The molecule has 0 fully saturated rings. The van der Waals surface area contributed by atoms with Gasteiger partial charge < -0.3 is 14.2 Å². The van der Waals surface area contributed by atoms with E-state index in [4.69, 9.17) is 14.2 Å². The van der Waals surface area contributed by atoms with Crippen LogP contribution in [0.3, 0.4) is 0 Å². The van der Waals surface area contributed by atoms with Gasteiger partial charge in [-0.2, -0.15) is 0 Å². The summed E-state index contributed by atoms with van der Waals surface area (Å²) in [6, 6.07) is 4.27. The van der Waals surface area contributed by atoms with E-state index in [1.807, 2.05) is 0 Å². The summed E-state index contributed by atoms with van der Waals surface area (Å²) in [7, 11) is 0. The fourth-order valence-electron chi connectivity index (χ4n) is 3.46. The lowest BCUT2D eigenvalue weighted by Gasteiger charge is -2.19. The summed E-state index contributed by atoms with van der Waals surface area (Å²) >= 11 is 0. The molecule has 30 heavy (non-hydrogen) atoms. The molecule has 0 unspecified atom stereocenters. The van der Waals surface area contributed by atoms with Gasteiger partial charge in [-0.05, 0) is 49.8 Å². The quantitative estimate of drug-likeness (QED) is 0.199. The molecule has 0 aliphatic heterocycles. The molecule has 0 aliphatic carbocycles. The molecule has 173 valence electrons. The van der Waals surface area contributed by atoms with E-state index < -0.39 is 0 Å². The number of benzene rings is 1. The molecule has 0 amide bonds. The molecule has 0 aromatic heterocycles. The van der Waals surface area contributed by atoms with Crippen molar-refractivity contribution in [2.24, 2.45) is 0 Å². The molecule has 0 bridgehead atoms. The van der Waals surface area contributed by atoms with Crippen molar-refractivity contribution in [3.8, 4) is 17.2 Å². The van der Waals surface area contributed by atoms with E-state index in [2.05, 4.69) is 39.8 Å². The maximum Gasteiger partial charge on any atom is 0.203 e. The van der Waals surface area contributed by atoms with E-state index >= 15 is 0 Å². The van der Waals surface area contributed by atoms with Crippen LogP contribution in [0.1, 0.15) is 110 Å². The first-order valence-electron chi connectivity index (χ1n) is 12.6. The number of hydrogen-bond acceptors (Lipinski definition) is 3. The standard InChI is InChI=1S/C27H47O3/c1-5-9-12-15-19-28-25-22-24(18-8-4)23-26(29-20-16-13-10-6-2)27(25)30-21-17-14-11-7-3/h22-23H,4-21H2,1-3H3. The highest BCUT2D eigenvalue weighted by atomic mass is 16.5. The van der Waals surface area contributed by atoms with Crippen molar-refractivity contribution in [2.75, 3.05) is 19.8 Å². The van der Waals surface area contributed by atoms with Gasteiger partial charge in [-0.3, -0.25) is 0 Å². The number of ether oxygens (including phenoxy) is 3. The van der Waals surface area contributed by atoms with Crippen molar-refractivity contribution in [1.29, 1.82) is 0 Å². The molecule has 0 N–H and O–H groups in total. The predicted molar refractivity (Wildman–Crippen MR) is 129 cm³/mol. The molecule has 0 heterocycles. The highest BCUT2D eigenvalue weighted by Gasteiger charge is 2.16. The van der Waals surface area contributed by atoms with Gasteiger partial charge in [-0.15, -0.1) is 0 Å². The molecule has 3 heteroatoms. The van der Waals surface area contributed by atoms with Gasteiger partial charge in [0.05, 0.1) is 19.8 Å². The average molecular weight is 420 g/mol. The Hall–Kier alpha value is -1.38. The molecule has 0 atom stereocenters. The summed E-state index contributed by atoms with van der Waals surface area (Å²) in [5.74, 6) is 2.48. The molecular formula is C27H47O3. The second-order valence-electron chi connectivity index (χ2n) is 8.25. The highest BCUT2D eigenvalue weighted by Crippen LogP contribution is 2.40. The summed E-state index contributed by atoms with van der Waals surface area (Å²) in [6.45, 7) is 12.9. The average Bonchev–Trinajstić information content (AvgIpc) is 2.74. The molecule has 3 nitrogen and oxygen atoms in total. The van der Waals surface area contributed by atoms with Gasteiger partial charge in [0.1, 0.15) is 0 Å². The molecule has 0 spiro atoms. The zero-order valence-corrected chi connectivity index (χ0v) is 20.1. The molecule has 0 saturated carbocycles. The van der Waals surface area contributed by atoms with E-state index in [0.717, 1.165) is 62.6 Å². The van der Waals surface area contributed by atoms with Crippen molar-refractivity contribution >= 4 is 0 Å². The maximum atomic E-state index is 6.24. The molecular weight excluding hydrogens is 372 g/mol. The van der Waals surface area contributed by atoms with Crippen LogP contribution >= 0.6 is 0 Å². The fourth-order valence-corrected chi connectivity index (χ4v) is 3.46. The predicted octanol–water partition coefficient (Wildman–Crippen LogP) is 8.33. The Morgan fingerprint density at radius 1 is 0.600 bits per heavy atom. The Labute approximate surface area is 186 Å². The molecule has 1 aromatic carbocycles. The highest BCUT2D eigenvalue weighted by molar-refractivity contribution is 5.54. The minimum absolute atomic E-state index is 0.715. The van der Waals surface area contributed by atoms with Gasteiger partial charge in [0, 0.05) is 0 Å². The van der Waals surface area contributed by atoms with Gasteiger partial charge in [0.15, 0.2) is 11.5 Å². The van der Waals surface area contributed by atoms with Crippen molar-refractivity contribution in [2.45, 2.75) is 111 Å². The summed E-state index contributed by atoms with van der Waals surface area (Å²) in [5.41, 5.74) is 1.22. The minimum Gasteiger partial charge on any atom is -0.490 e. The van der Waals surface area contributed by atoms with Crippen LogP contribution in [-0.4, -0.2) is 19.8 Å². The van der Waals surface area contributed by atoms with Crippen LogP contribution in [-0.2, 0) is 6.42 Å². The first-order valence-corrected chi connectivity index (χ1v) is 12.6. The lowest BCUT2D eigenvalue weighted by Crippen LogP contribution is -2.07. The SMILES string of the molecule is [CH2]CCc1cc(OCCCCCC)c(OCCCCCC)c(OCCCCCC)c1. The largest absolute Gasteiger partial charge is 0.490 e. The van der Waals surface area contributed by atoms with Gasteiger partial charge >= 0.3 is 0 Å². The summed E-state index contributed by atoms with van der Waals surface area (Å²) in [4.78, 5) is 0. The third kappa shape index (κ3) is 11.7. The van der Waals surface area contributed by atoms with Gasteiger partial charge in [0.2, 0.25) is 5.75 Å². The molecule has 0 aliphatic rings. The normalized spacial score (nSPS) is 10.9. The lowest BCUT2D eigenvalue weighted by molar-refractivity contribution is 0.234. The summed E-state index contributed by atoms with van der Waals surface area (Å²) in [6.07, 6.45) is 16.1. The van der Waals surface area contributed by atoms with Crippen LogP contribution in [0.5, 0.6) is 17.2 Å². The summed E-state index contributed by atoms with van der Waals surface area (Å²) in [5, 5.41) is 0. The third-order valence-electron chi connectivity index (χ3n) is 5.30. The van der Waals surface area contributed by atoms with Crippen LogP contribution in [0.4, 0.5) is 0 Å². The van der Waals surface area contributed by atoms with Gasteiger partial charge in [-0.1, -0.05) is 85.5 Å². The second kappa shape index (κ2) is 18.4. The zero-order valence-electron chi connectivity index (χ0n) is 20.1. The Balaban J connectivity index is 2.87. The molecule has 1 aromatic rings. The van der Waals surface area contributed by atoms with E-state index in [1.54, 1.807) is 0 Å². The van der Waals surface area contributed by atoms with Crippen LogP contribution in [0.15, 0.2) is 12.1 Å². The first kappa shape index (κ1) is 26.7. The Bertz CT molecular complexity index is 492. The van der Waals surface area contributed by atoms with E-state index in [-0.39, 0.29) is 0 Å². The number of hydrogen-bond donors (Lipinski definition) is 0. The topological polar surface area (TPSA) is 27.7 Å². The zero-order chi connectivity index (χ0) is 21.9. The van der Waals surface area contributed by atoms with E-state index in [9.17, 15) is 0 Å². The van der Waals surface area contributed by atoms with Crippen LogP contribution in [0, 0.1) is 6.92 Å². The van der Waals surface area contributed by atoms with Gasteiger partial charge in [0.25, 0.3) is 0 Å². The van der Waals surface area contributed by atoms with Crippen molar-refractivity contribution in [1.82, 2.24) is 0 Å². The number of aryl methyl sites for hydroxylation is 1. The van der Waals surface area contributed by atoms with E-state index in [0.29, 0.717) is 6.61 Å². The van der Waals surface area contributed by atoms with Gasteiger partial charge in [-0.25, -0.2) is 0 Å². The van der Waals surface area contributed by atoms with Crippen LogP contribution in [0.25, 0.3) is 0 Å². The third-order valence-corrected chi connectivity index (χ3v) is 5.30. The fraction of sp³-hybridized carbons (Fsp3) is 0.741. The second-order valence-corrected chi connectivity index (χ2v) is 8.25. The van der Waals surface area contributed by atoms with Crippen molar-refractivity contribution < 1.29 is 14.2 Å². The maximum absolute atomic E-state index is 6.24. The van der Waals surface area contributed by atoms with Crippen LogP contribution in [0.2, 0.25) is 0 Å². The Morgan fingerprint density at radius 3 is 1.43 bits per heavy atom. The molecule has 0 saturated heterocycles. The number of rotatable bonds is 20. The lowest BCUT2D eigenvalue weighted by atomic mass is 10.1. The first-order chi connectivity index (χ1) is 14.8. The van der Waals surface area contributed by atoms with Crippen LogP contribution < -0.4 is 14.2 Å². The monoisotopic (exact) mass is 419 g/mol. The Morgan fingerprint density at radius 2 is 1.03 bits per heavy atom.